The normalized spacial score (nSPS) is 17.0. The molecule has 1 fully saturated rings. The number of ether oxygens (including phenoxy) is 1. The molecule has 1 atom stereocenters. The first-order valence-electron chi connectivity index (χ1n) is 7.98. The van der Waals surface area contributed by atoms with Gasteiger partial charge in [0.25, 0.3) is 5.91 Å². The van der Waals surface area contributed by atoms with Gasteiger partial charge in [0.1, 0.15) is 5.75 Å². The van der Waals surface area contributed by atoms with Crippen molar-refractivity contribution < 1.29 is 9.53 Å². The van der Waals surface area contributed by atoms with E-state index in [-0.39, 0.29) is 5.91 Å². The first-order valence-corrected chi connectivity index (χ1v) is 7.98. The number of rotatable bonds is 5. The Balaban J connectivity index is 1.70. The molecular weight excluding hydrogens is 288 g/mol. The summed E-state index contributed by atoms with van der Waals surface area (Å²) in [6.45, 7) is 2.46. The van der Waals surface area contributed by atoms with Gasteiger partial charge < -0.3 is 15.4 Å². The van der Waals surface area contributed by atoms with Crippen LogP contribution in [-0.2, 0) is 6.54 Å². The molecule has 1 amide bonds. The molecular formula is C19H22N2O2. The molecule has 0 bridgehead atoms. The zero-order valence-corrected chi connectivity index (χ0v) is 13.3. The second-order valence-corrected chi connectivity index (χ2v) is 5.81. The summed E-state index contributed by atoms with van der Waals surface area (Å²) in [4.78, 5) is 12.6. The third kappa shape index (κ3) is 3.71. The second kappa shape index (κ2) is 7.29. The van der Waals surface area contributed by atoms with Crippen LogP contribution < -0.4 is 15.4 Å². The maximum absolute atomic E-state index is 12.6. The highest BCUT2D eigenvalue weighted by Crippen LogP contribution is 2.25. The summed E-state index contributed by atoms with van der Waals surface area (Å²) in [6, 6.07) is 15.7. The summed E-state index contributed by atoms with van der Waals surface area (Å²) in [5.41, 5.74) is 2.95. The predicted molar refractivity (Wildman–Crippen MR) is 90.8 cm³/mol. The molecule has 4 nitrogen and oxygen atoms in total. The number of methoxy groups -OCH3 is 1. The maximum Gasteiger partial charge on any atom is 0.251 e. The van der Waals surface area contributed by atoms with Crippen molar-refractivity contribution in [3.8, 4) is 5.75 Å². The van der Waals surface area contributed by atoms with Crippen molar-refractivity contribution in [2.45, 2.75) is 18.9 Å². The molecule has 2 aromatic rings. The van der Waals surface area contributed by atoms with Gasteiger partial charge in [-0.25, -0.2) is 0 Å². The van der Waals surface area contributed by atoms with Crippen LogP contribution in [0.15, 0.2) is 48.5 Å². The lowest BCUT2D eigenvalue weighted by atomic mass is 9.93. The van der Waals surface area contributed by atoms with Gasteiger partial charge in [-0.15, -0.1) is 0 Å². The smallest absolute Gasteiger partial charge is 0.251 e. The third-order valence-electron chi connectivity index (χ3n) is 4.29. The molecule has 2 N–H and O–H groups in total. The van der Waals surface area contributed by atoms with Crippen LogP contribution in [0.3, 0.4) is 0 Å². The first-order chi connectivity index (χ1) is 11.3. The average Bonchev–Trinajstić information content (AvgIpc) is 3.14. The van der Waals surface area contributed by atoms with Gasteiger partial charge in [0.15, 0.2) is 0 Å². The Hall–Kier alpha value is -2.33. The molecule has 0 unspecified atom stereocenters. The number of hydrogen-bond donors (Lipinski definition) is 2. The molecule has 2 aromatic carbocycles. The number of amides is 1. The van der Waals surface area contributed by atoms with Gasteiger partial charge in [-0.1, -0.05) is 30.3 Å². The SMILES string of the molecule is COc1cccc(CNC(=O)c2ccccc2[C@@H]2CCNC2)c1. The lowest BCUT2D eigenvalue weighted by molar-refractivity contribution is 0.0949. The van der Waals surface area contributed by atoms with Crippen molar-refractivity contribution in [2.24, 2.45) is 0 Å². The van der Waals surface area contributed by atoms with E-state index in [1.54, 1.807) is 7.11 Å². The summed E-state index contributed by atoms with van der Waals surface area (Å²) < 4.78 is 5.21. The minimum Gasteiger partial charge on any atom is -0.497 e. The number of nitrogens with one attached hydrogen (secondary N) is 2. The second-order valence-electron chi connectivity index (χ2n) is 5.81. The third-order valence-corrected chi connectivity index (χ3v) is 4.29. The van der Waals surface area contributed by atoms with Crippen LogP contribution in [0.25, 0.3) is 0 Å². The van der Waals surface area contributed by atoms with E-state index in [1.165, 1.54) is 0 Å². The molecule has 0 spiro atoms. The fourth-order valence-corrected chi connectivity index (χ4v) is 3.04. The fraction of sp³-hybridized carbons (Fsp3) is 0.316. The highest BCUT2D eigenvalue weighted by atomic mass is 16.5. The molecule has 0 radical (unpaired) electrons. The van der Waals surface area contributed by atoms with Crippen LogP contribution in [0.2, 0.25) is 0 Å². The van der Waals surface area contributed by atoms with Gasteiger partial charge in [-0.2, -0.15) is 0 Å². The Kier molecular flexibility index (Phi) is 4.93. The zero-order valence-electron chi connectivity index (χ0n) is 13.3. The zero-order chi connectivity index (χ0) is 16.1. The van der Waals surface area contributed by atoms with E-state index in [1.807, 2.05) is 42.5 Å². The van der Waals surface area contributed by atoms with Crippen LogP contribution in [0, 0.1) is 0 Å². The maximum atomic E-state index is 12.6. The van der Waals surface area contributed by atoms with Crippen molar-refractivity contribution >= 4 is 5.91 Å². The Labute approximate surface area is 136 Å². The Morgan fingerprint density at radius 3 is 2.91 bits per heavy atom. The van der Waals surface area contributed by atoms with E-state index >= 15 is 0 Å². The van der Waals surface area contributed by atoms with Crippen molar-refractivity contribution in [3.05, 3.63) is 65.2 Å². The van der Waals surface area contributed by atoms with E-state index in [0.717, 1.165) is 42.0 Å². The van der Waals surface area contributed by atoms with Gasteiger partial charge in [-0.3, -0.25) is 4.79 Å². The minimum absolute atomic E-state index is 0.0182. The number of benzene rings is 2. The summed E-state index contributed by atoms with van der Waals surface area (Å²) >= 11 is 0. The summed E-state index contributed by atoms with van der Waals surface area (Å²) in [5.74, 6) is 1.21. The highest BCUT2D eigenvalue weighted by molar-refractivity contribution is 5.95. The topological polar surface area (TPSA) is 50.4 Å². The van der Waals surface area contributed by atoms with E-state index in [4.69, 9.17) is 4.74 Å². The molecule has 3 rings (SSSR count). The lowest BCUT2D eigenvalue weighted by Gasteiger charge is -2.15. The molecule has 1 aliphatic rings. The number of hydrogen-bond acceptors (Lipinski definition) is 3. The number of carbonyl (C=O) groups is 1. The Morgan fingerprint density at radius 1 is 1.26 bits per heavy atom. The fourth-order valence-electron chi connectivity index (χ4n) is 3.04. The predicted octanol–water partition coefficient (Wildman–Crippen LogP) is 2.70. The average molecular weight is 310 g/mol. The van der Waals surface area contributed by atoms with Crippen molar-refractivity contribution in [1.29, 1.82) is 0 Å². The number of carbonyl (C=O) groups excluding carboxylic acids is 1. The van der Waals surface area contributed by atoms with E-state index in [0.29, 0.717) is 12.5 Å². The van der Waals surface area contributed by atoms with E-state index in [2.05, 4.69) is 16.7 Å². The van der Waals surface area contributed by atoms with Crippen LogP contribution >= 0.6 is 0 Å². The van der Waals surface area contributed by atoms with Crippen molar-refractivity contribution in [2.75, 3.05) is 20.2 Å². The largest absolute Gasteiger partial charge is 0.497 e. The van der Waals surface area contributed by atoms with Crippen LogP contribution in [0.4, 0.5) is 0 Å². The minimum atomic E-state index is -0.0182. The molecule has 0 aliphatic carbocycles. The lowest BCUT2D eigenvalue weighted by Crippen LogP contribution is -2.24. The summed E-state index contributed by atoms with van der Waals surface area (Å²) in [7, 11) is 1.64. The summed E-state index contributed by atoms with van der Waals surface area (Å²) in [6.07, 6.45) is 1.08. The molecule has 1 aliphatic heterocycles. The Morgan fingerprint density at radius 2 is 2.13 bits per heavy atom. The first kappa shape index (κ1) is 15.6. The van der Waals surface area contributed by atoms with Crippen molar-refractivity contribution in [3.63, 3.8) is 0 Å². The van der Waals surface area contributed by atoms with Gasteiger partial charge >= 0.3 is 0 Å². The molecule has 4 heteroatoms. The molecule has 1 saturated heterocycles. The van der Waals surface area contributed by atoms with E-state index < -0.39 is 0 Å². The molecule has 0 aromatic heterocycles. The van der Waals surface area contributed by atoms with Gasteiger partial charge in [-0.05, 0) is 48.2 Å². The van der Waals surface area contributed by atoms with Crippen LogP contribution in [0.1, 0.15) is 33.8 Å². The highest BCUT2D eigenvalue weighted by Gasteiger charge is 2.21. The van der Waals surface area contributed by atoms with Crippen LogP contribution in [0.5, 0.6) is 5.75 Å². The Bertz CT molecular complexity index is 679. The molecule has 23 heavy (non-hydrogen) atoms. The molecule has 120 valence electrons. The van der Waals surface area contributed by atoms with E-state index in [9.17, 15) is 4.79 Å². The molecule has 0 saturated carbocycles. The van der Waals surface area contributed by atoms with Gasteiger partial charge in [0.05, 0.1) is 7.11 Å². The molecule has 1 heterocycles. The standard InChI is InChI=1S/C19H22N2O2/c1-23-16-6-4-5-14(11-16)12-21-19(22)18-8-3-2-7-17(18)15-9-10-20-13-15/h2-8,11,15,20H,9-10,12-13H2,1H3,(H,21,22)/t15-/m1/s1. The summed E-state index contributed by atoms with van der Waals surface area (Å²) in [5, 5.41) is 6.38. The van der Waals surface area contributed by atoms with Crippen LogP contribution in [-0.4, -0.2) is 26.1 Å². The van der Waals surface area contributed by atoms with Crippen molar-refractivity contribution in [1.82, 2.24) is 10.6 Å². The quantitative estimate of drug-likeness (QED) is 0.893. The van der Waals surface area contributed by atoms with Gasteiger partial charge in [0.2, 0.25) is 0 Å². The van der Waals surface area contributed by atoms with Gasteiger partial charge in [0, 0.05) is 18.7 Å². The monoisotopic (exact) mass is 310 g/mol.